The summed E-state index contributed by atoms with van der Waals surface area (Å²) in [5.41, 5.74) is 8.09. The average Bonchev–Trinajstić information content (AvgIpc) is 2.46. The predicted octanol–water partition coefficient (Wildman–Crippen LogP) is 2.07. The number of carbonyl (C=O) groups excluding carboxylic acids is 2. The Kier molecular flexibility index (Phi) is 5.31. The SMILES string of the molecule is CCNC(=O)Nc1cccc(NC(=O)c2c(C)nc(N)nc2C)c1. The summed E-state index contributed by atoms with van der Waals surface area (Å²) in [5, 5.41) is 8.09. The van der Waals surface area contributed by atoms with Crippen LogP contribution >= 0.6 is 0 Å². The van der Waals surface area contributed by atoms with Crippen molar-refractivity contribution in [1.82, 2.24) is 15.3 Å². The van der Waals surface area contributed by atoms with Gasteiger partial charge in [-0.2, -0.15) is 0 Å². The summed E-state index contributed by atoms with van der Waals surface area (Å²) in [6, 6.07) is 6.54. The molecule has 0 spiro atoms. The van der Waals surface area contributed by atoms with Gasteiger partial charge in [0.1, 0.15) is 0 Å². The maximum atomic E-state index is 12.5. The number of nitrogens with two attached hydrogens (primary N) is 1. The van der Waals surface area contributed by atoms with Crippen LogP contribution in [-0.2, 0) is 0 Å². The van der Waals surface area contributed by atoms with Gasteiger partial charge in [0.2, 0.25) is 5.95 Å². The molecule has 8 heteroatoms. The monoisotopic (exact) mass is 328 g/mol. The molecule has 3 amide bonds. The molecule has 2 rings (SSSR count). The number of aryl methyl sites for hydroxylation is 2. The first-order valence-corrected chi connectivity index (χ1v) is 7.47. The highest BCUT2D eigenvalue weighted by Crippen LogP contribution is 2.18. The van der Waals surface area contributed by atoms with Crippen molar-refractivity contribution in [2.24, 2.45) is 0 Å². The number of urea groups is 1. The lowest BCUT2D eigenvalue weighted by Crippen LogP contribution is -2.28. The lowest BCUT2D eigenvalue weighted by Gasteiger charge is -2.11. The van der Waals surface area contributed by atoms with Gasteiger partial charge < -0.3 is 21.7 Å². The molecule has 0 aliphatic heterocycles. The quantitative estimate of drug-likeness (QED) is 0.684. The van der Waals surface area contributed by atoms with Crippen LogP contribution in [0.3, 0.4) is 0 Å². The highest BCUT2D eigenvalue weighted by molar-refractivity contribution is 6.06. The zero-order valence-electron chi connectivity index (χ0n) is 13.8. The van der Waals surface area contributed by atoms with Gasteiger partial charge in [0.25, 0.3) is 5.91 Å². The number of benzene rings is 1. The number of carbonyl (C=O) groups is 2. The normalized spacial score (nSPS) is 10.1. The Bertz CT molecular complexity index is 752. The average molecular weight is 328 g/mol. The van der Waals surface area contributed by atoms with Gasteiger partial charge in [-0.1, -0.05) is 6.07 Å². The van der Waals surface area contributed by atoms with Crippen LogP contribution in [0.2, 0.25) is 0 Å². The van der Waals surface area contributed by atoms with Crippen LogP contribution in [0.4, 0.5) is 22.1 Å². The molecule has 1 heterocycles. The van der Waals surface area contributed by atoms with Gasteiger partial charge in [-0.25, -0.2) is 14.8 Å². The van der Waals surface area contributed by atoms with E-state index in [1.807, 2.05) is 6.92 Å². The third-order valence-electron chi connectivity index (χ3n) is 3.23. The first-order valence-electron chi connectivity index (χ1n) is 7.47. The highest BCUT2D eigenvalue weighted by Gasteiger charge is 2.15. The van der Waals surface area contributed by atoms with E-state index in [-0.39, 0.29) is 17.9 Å². The minimum atomic E-state index is -0.333. The van der Waals surface area contributed by atoms with Crippen molar-refractivity contribution >= 4 is 29.3 Å². The summed E-state index contributed by atoms with van der Waals surface area (Å²) in [6.45, 7) is 5.76. The van der Waals surface area contributed by atoms with E-state index < -0.39 is 0 Å². The van der Waals surface area contributed by atoms with Crippen LogP contribution in [0.15, 0.2) is 24.3 Å². The number of amides is 3. The molecular weight excluding hydrogens is 308 g/mol. The van der Waals surface area contributed by atoms with E-state index in [4.69, 9.17) is 5.73 Å². The van der Waals surface area contributed by atoms with Crippen molar-refractivity contribution in [3.8, 4) is 0 Å². The molecule has 1 aromatic heterocycles. The van der Waals surface area contributed by atoms with E-state index in [0.717, 1.165) is 0 Å². The van der Waals surface area contributed by atoms with Crippen LogP contribution in [0.25, 0.3) is 0 Å². The van der Waals surface area contributed by atoms with E-state index >= 15 is 0 Å². The number of nitrogen functional groups attached to an aromatic ring is 1. The number of rotatable bonds is 4. The smallest absolute Gasteiger partial charge is 0.319 e. The number of nitrogens with one attached hydrogen (secondary N) is 3. The van der Waals surface area contributed by atoms with Gasteiger partial charge in [0, 0.05) is 17.9 Å². The summed E-state index contributed by atoms with van der Waals surface area (Å²) in [4.78, 5) is 32.1. The van der Waals surface area contributed by atoms with Crippen molar-refractivity contribution in [3.05, 3.63) is 41.2 Å². The highest BCUT2D eigenvalue weighted by atomic mass is 16.2. The largest absolute Gasteiger partial charge is 0.368 e. The van der Waals surface area contributed by atoms with Gasteiger partial charge in [0.15, 0.2) is 0 Å². The maximum Gasteiger partial charge on any atom is 0.319 e. The molecule has 0 unspecified atom stereocenters. The number of hydrogen-bond donors (Lipinski definition) is 4. The summed E-state index contributed by atoms with van der Waals surface area (Å²) >= 11 is 0. The summed E-state index contributed by atoms with van der Waals surface area (Å²) in [7, 11) is 0. The zero-order valence-corrected chi connectivity index (χ0v) is 13.8. The van der Waals surface area contributed by atoms with Gasteiger partial charge in [0.05, 0.1) is 17.0 Å². The lowest BCUT2D eigenvalue weighted by molar-refractivity contribution is 0.102. The zero-order chi connectivity index (χ0) is 17.7. The molecule has 8 nitrogen and oxygen atoms in total. The minimum absolute atomic E-state index is 0.134. The number of hydrogen-bond acceptors (Lipinski definition) is 5. The predicted molar refractivity (Wildman–Crippen MR) is 93.0 cm³/mol. The van der Waals surface area contributed by atoms with Crippen molar-refractivity contribution in [3.63, 3.8) is 0 Å². The van der Waals surface area contributed by atoms with Gasteiger partial charge >= 0.3 is 6.03 Å². The van der Waals surface area contributed by atoms with Gasteiger partial charge in [-0.05, 0) is 39.0 Å². The second kappa shape index (κ2) is 7.40. The first kappa shape index (κ1) is 17.2. The fourth-order valence-corrected chi connectivity index (χ4v) is 2.28. The standard InChI is InChI=1S/C16H20N6O2/c1-4-18-16(24)22-12-7-5-6-11(8-12)21-14(23)13-9(2)19-15(17)20-10(13)3/h5-8H,4H2,1-3H3,(H,21,23)(H2,17,19,20)(H2,18,22,24). The van der Waals surface area contributed by atoms with E-state index in [0.29, 0.717) is 34.9 Å². The molecule has 2 aromatic rings. The molecule has 0 aliphatic carbocycles. The third kappa shape index (κ3) is 4.19. The molecule has 0 atom stereocenters. The van der Waals surface area contributed by atoms with Gasteiger partial charge in [-0.15, -0.1) is 0 Å². The number of nitrogens with zero attached hydrogens (tertiary/aromatic N) is 2. The Morgan fingerprint density at radius 2 is 1.67 bits per heavy atom. The Morgan fingerprint density at radius 1 is 1.08 bits per heavy atom. The van der Waals surface area contributed by atoms with Gasteiger partial charge in [-0.3, -0.25) is 4.79 Å². The summed E-state index contributed by atoms with van der Waals surface area (Å²) in [5.74, 6) is -0.199. The van der Waals surface area contributed by atoms with Crippen LogP contribution in [0, 0.1) is 13.8 Å². The van der Waals surface area contributed by atoms with Crippen LogP contribution in [-0.4, -0.2) is 28.5 Å². The number of aromatic nitrogens is 2. The van der Waals surface area contributed by atoms with Crippen molar-refractivity contribution in [1.29, 1.82) is 0 Å². The van der Waals surface area contributed by atoms with Crippen LogP contribution < -0.4 is 21.7 Å². The Balaban J connectivity index is 2.17. The second-order valence-corrected chi connectivity index (χ2v) is 5.15. The summed E-state index contributed by atoms with van der Waals surface area (Å²) < 4.78 is 0. The summed E-state index contributed by atoms with van der Waals surface area (Å²) in [6.07, 6.45) is 0. The minimum Gasteiger partial charge on any atom is -0.368 e. The molecule has 1 aromatic carbocycles. The third-order valence-corrected chi connectivity index (χ3v) is 3.23. The molecule has 0 bridgehead atoms. The Labute approximate surface area is 139 Å². The second-order valence-electron chi connectivity index (χ2n) is 5.15. The van der Waals surface area contributed by atoms with E-state index in [2.05, 4.69) is 25.9 Å². The molecule has 24 heavy (non-hydrogen) atoms. The molecular formula is C16H20N6O2. The lowest BCUT2D eigenvalue weighted by atomic mass is 10.1. The molecule has 0 aliphatic rings. The fraction of sp³-hybridized carbons (Fsp3) is 0.250. The maximum absolute atomic E-state index is 12.5. The molecule has 0 saturated carbocycles. The topological polar surface area (TPSA) is 122 Å². The van der Waals surface area contributed by atoms with Crippen molar-refractivity contribution < 1.29 is 9.59 Å². The van der Waals surface area contributed by atoms with E-state index in [1.165, 1.54) is 0 Å². The molecule has 5 N–H and O–H groups in total. The van der Waals surface area contributed by atoms with Crippen molar-refractivity contribution in [2.45, 2.75) is 20.8 Å². The number of anilines is 3. The van der Waals surface area contributed by atoms with Crippen LogP contribution in [0.1, 0.15) is 28.7 Å². The van der Waals surface area contributed by atoms with Crippen molar-refractivity contribution in [2.75, 3.05) is 22.9 Å². The Morgan fingerprint density at radius 3 is 2.25 bits per heavy atom. The van der Waals surface area contributed by atoms with E-state index in [1.54, 1.807) is 38.1 Å². The Hall–Kier alpha value is -3.16. The molecule has 126 valence electrons. The van der Waals surface area contributed by atoms with Crippen LogP contribution in [0.5, 0.6) is 0 Å². The fourth-order valence-electron chi connectivity index (χ4n) is 2.28. The molecule has 0 saturated heterocycles. The molecule has 0 fully saturated rings. The van der Waals surface area contributed by atoms with E-state index in [9.17, 15) is 9.59 Å². The first-order chi connectivity index (χ1) is 11.4. The molecule has 0 radical (unpaired) electrons.